The molecule has 3 amide bonds. The molecule has 1 aromatic rings. The van der Waals surface area contributed by atoms with Crippen LogP contribution in [0.5, 0.6) is 0 Å². The van der Waals surface area contributed by atoms with Crippen LogP contribution in [0.4, 0.5) is 4.79 Å². The van der Waals surface area contributed by atoms with Gasteiger partial charge in [-0.15, -0.1) is 0 Å². The first-order chi connectivity index (χ1) is 12.1. The number of carbonyl (C=O) groups is 4. The van der Waals surface area contributed by atoms with Crippen LogP contribution < -0.4 is 10.6 Å². The molecule has 0 spiro atoms. The number of amides is 3. The molecule has 0 aromatic carbocycles. The third-order valence-electron chi connectivity index (χ3n) is 3.39. The third kappa shape index (κ3) is 6.23. The predicted octanol–water partition coefficient (Wildman–Crippen LogP) is 1.06. The van der Waals surface area contributed by atoms with Gasteiger partial charge in [0.05, 0.1) is 12.2 Å². The van der Waals surface area contributed by atoms with Gasteiger partial charge in [-0.05, 0) is 40.7 Å². The number of nitrogens with one attached hydrogen (secondary N) is 2. The highest BCUT2D eigenvalue weighted by Crippen LogP contribution is 2.16. The Hall–Kier alpha value is -2.84. The summed E-state index contributed by atoms with van der Waals surface area (Å²) in [5, 5.41) is 4.53. The van der Waals surface area contributed by atoms with Crippen molar-refractivity contribution >= 4 is 23.9 Å². The number of rotatable bonds is 7. The van der Waals surface area contributed by atoms with Crippen molar-refractivity contribution in [2.24, 2.45) is 0 Å². The summed E-state index contributed by atoms with van der Waals surface area (Å²) in [6.45, 7) is 8.15. The van der Waals surface area contributed by atoms with Crippen LogP contribution in [0.3, 0.4) is 0 Å². The Kier molecular flexibility index (Phi) is 7.82. The van der Waals surface area contributed by atoms with E-state index in [0.717, 1.165) is 0 Å². The first-order valence-electron chi connectivity index (χ1n) is 8.25. The zero-order valence-corrected chi connectivity index (χ0v) is 15.7. The molecule has 0 aliphatic heterocycles. The summed E-state index contributed by atoms with van der Waals surface area (Å²) in [7, 11) is 0. The van der Waals surface area contributed by atoms with Gasteiger partial charge in [-0.3, -0.25) is 14.9 Å². The Morgan fingerprint density at radius 1 is 1.15 bits per heavy atom. The molecule has 0 aliphatic rings. The lowest BCUT2D eigenvalue weighted by atomic mass is 10.2. The molecule has 0 unspecified atom stereocenters. The molecule has 1 aromatic heterocycles. The Balaban J connectivity index is 2.59. The van der Waals surface area contributed by atoms with Crippen molar-refractivity contribution in [3.63, 3.8) is 0 Å². The molecule has 9 heteroatoms. The minimum absolute atomic E-state index is 0.126. The summed E-state index contributed by atoms with van der Waals surface area (Å²) in [6, 6.07) is 0.847. The van der Waals surface area contributed by atoms with Crippen molar-refractivity contribution in [2.75, 3.05) is 13.2 Å². The number of imide groups is 1. The van der Waals surface area contributed by atoms with E-state index in [1.807, 2.05) is 0 Å². The van der Waals surface area contributed by atoms with Crippen molar-refractivity contribution in [1.82, 2.24) is 15.2 Å². The second kappa shape index (κ2) is 9.59. The molecule has 26 heavy (non-hydrogen) atoms. The SMILES string of the molecule is CCOC(=O)c1cc(C)n(CC(=O)OCC(=O)NC(=O)NC(C)C)c1C. The maximum Gasteiger partial charge on any atom is 0.339 e. The van der Waals surface area contributed by atoms with Gasteiger partial charge in [-0.25, -0.2) is 9.59 Å². The van der Waals surface area contributed by atoms with Crippen LogP contribution >= 0.6 is 0 Å². The van der Waals surface area contributed by atoms with E-state index in [4.69, 9.17) is 9.47 Å². The highest BCUT2D eigenvalue weighted by molar-refractivity contribution is 5.95. The molecule has 2 N–H and O–H groups in total. The number of hydrogen-bond acceptors (Lipinski definition) is 6. The quantitative estimate of drug-likeness (QED) is 0.696. The molecule has 0 aliphatic carbocycles. The summed E-state index contributed by atoms with van der Waals surface area (Å²) in [5.41, 5.74) is 1.63. The Morgan fingerprint density at radius 2 is 1.81 bits per heavy atom. The summed E-state index contributed by atoms with van der Waals surface area (Å²) in [5.74, 6) is -1.86. The average Bonchev–Trinajstić information content (AvgIpc) is 2.80. The van der Waals surface area contributed by atoms with Crippen LogP contribution in [0.15, 0.2) is 6.07 Å². The summed E-state index contributed by atoms with van der Waals surface area (Å²) in [4.78, 5) is 46.8. The van der Waals surface area contributed by atoms with Crippen LogP contribution in [-0.4, -0.2) is 47.7 Å². The molecule has 0 saturated carbocycles. The number of carbonyl (C=O) groups excluding carboxylic acids is 4. The van der Waals surface area contributed by atoms with Crippen LogP contribution in [0, 0.1) is 13.8 Å². The Bertz CT molecular complexity index is 693. The molecule has 9 nitrogen and oxygen atoms in total. The monoisotopic (exact) mass is 367 g/mol. The van der Waals surface area contributed by atoms with Crippen molar-refractivity contribution in [2.45, 2.75) is 47.2 Å². The number of ether oxygens (including phenoxy) is 2. The van der Waals surface area contributed by atoms with E-state index >= 15 is 0 Å². The standard InChI is InChI=1S/C17H25N3O6/c1-6-25-16(23)13-7-11(4)20(12(13)5)8-15(22)26-9-14(21)19-17(24)18-10(2)3/h7,10H,6,8-9H2,1-5H3,(H2,18,19,21,24). The molecule has 144 valence electrons. The molecule has 1 rings (SSSR count). The van der Waals surface area contributed by atoms with Gasteiger partial charge in [0.1, 0.15) is 6.54 Å². The minimum atomic E-state index is -0.732. The highest BCUT2D eigenvalue weighted by atomic mass is 16.5. The number of hydrogen-bond donors (Lipinski definition) is 2. The van der Waals surface area contributed by atoms with Gasteiger partial charge in [-0.1, -0.05) is 0 Å². The normalized spacial score (nSPS) is 10.4. The fourth-order valence-corrected chi connectivity index (χ4v) is 2.24. The fourth-order valence-electron chi connectivity index (χ4n) is 2.24. The van der Waals surface area contributed by atoms with Crippen LogP contribution in [0.1, 0.15) is 42.5 Å². The molecule has 0 atom stereocenters. The Morgan fingerprint density at radius 3 is 2.38 bits per heavy atom. The zero-order valence-electron chi connectivity index (χ0n) is 15.7. The molecule has 0 fully saturated rings. The largest absolute Gasteiger partial charge is 0.462 e. The smallest absolute Gasteiger partial charge is 0.339 e. The second-order valence-electron chi connectivity index (χ2n) is 5.93. The van der Waals surface area contributed by atoms with Crippen LogP contribution in [-0.2, 0) is 25.6 Å². The Labute approximate surface area is 152 Å². The lowest BCUT2D eigenvalue weighted by Gasteiger charge is -2.11. The van der Waals surface area contributed by atoms with Gasteiger partial charge in [0.15, 0.2) is 6.61 Å². The fraction of sp³-hybridized carbons (Fsp3) is 0.529. The maximum absolute atomic E-state index is 11.9. The van der Waals surface area contributed by atoms with Crippen molar-refractivity contribution in [1.29, 1.82) is 0 Å². The lowest BCUT2D eigenvalue weighted by Crippen LogP contribution is -2.44. The minimum Gasteiger partial charge on any atom is -0.462 e. The van der Waals surface area contributed by atoms with E-state index in [9.17, 15) is 19.2 Å². The summed E-state index contributed by atoms with van der Waals surface area (Å²) < 4.78 is 11.4. The van der Waals surface area contributed by atoms with Crippen molar-refractivity contribution in [3.8, 4) is 0 Å². The van der Waals surface area contributed by atoms with Gasteiger partial charge in [0, 0.05) is 17.4 Å². The number of aromatic nitrogens is 1. The third-order valence-corrected chi connectivity index (χ3v) is 3.39. The molecular weight excluding hydrogens is 342 g/mol. The van der Waals surface area contributed by atoms with Crippen molar-refractivity contribution in [3.05, 3.63) is 23.0 Å². The van der Waals surface area contributed by atoms with E-state index in [2.05, 4.69) is 10.6 Å². The summed E-state index contributed by atoms with van der Waals surface area (Å²) >= 11 is 0. The predicted molar refractivity (Wildman–Crippen MR) is 92.6 cm³/mol. The molecule has 1 heterocycles. The topological polar surface area (TPSA) is 116 Å². The molecule has 0 radical (unpaired) electrons. The molecule has 0 saturated heterocycles. The number of urea groups is 1. The number of nitrogens with zero attached hydrogens (tertiary/aromatic N) is 1. The zero-order chi connectivity index (χ0) is 19.9. The lowest BCUT2D eigenvalue weighted by molar-refractivity contribution is -0.148. The second-order valence-corrected chi connectivity index (χ2v) is 5.93. The highest BCUT2D eigenvalue weighted by Gasteiger charge is 2.19. The number of esters is 2. The van der Waals surface area contributed by atoms with Gasteiger partial charge in [0.2, 0.25) is 0 Å². The van der Waals surface area contributed by atoms with E-state index in [0.29, 0.717) is 17.0 Å². The average molecular weight is 367 g/mol. The van der Waals surface area contributed by atoms with Crippen LogP contribution in [0.2, 0.25) is 0 Å². The van der Waals surface area contributed by atoms with Crippen LogP contribution in [0.25, 0.3) is 0 Å². The van der Waals surface area contributed by atoms with E-state index in [1.165, 1.54) is 0 Å². The van der Waals surface area contributed by atoms with E-state index in [1.54, 1.807) is 45.3 Å². The first kappa shape index (κ1) is 21.2. The maximum atomic E-state index is 11.9. The van der Waals surface area contributed by atoms with E-state index in [-0.39, 0.29) is 19.2 Å². The molecule has 0 bridgehead atoms. The first-order valence-corrected chi connectivity index (χ1v) is 8.25. The summed E-state index contributed by atoms with van der Waals surface area (Å²) in [6.07, 6.45) is 0. The number of aryl methyl sites for hydroxylation is 1. The molecular formula is C17H25N3O6. The van der Waals surface area contributed by atoms with Crippen molar-refractivity contribution < 1.29 is 28.7 Å². The van der Waals surface area contributed by atoms with Gasteiger partial charge in [-0.2, -0.15) is 0 Å². The van der Waals surface area contributed by atoms with Gasteiger partial charge in [0.25, 0.3) is 5.91 Å². The van der Waals surface area contributed by atoms with Gasteiger partial charge >= 0.3 is 18.0 Å². The van der Waals surface area contributed by atoms with Gasteiger partial charge < -0.3 is 19.4 Å². The van der Waals surface area contributed by atoms with E-state index < -0.39 is 30.5 Å².